The van der Waals surface area contributed by atoms with Gasteiger partial charge in [0.1, 0.15) is 17.7 Å². The highest BCUT2D eigenvalue weighted by molar-refractivity contribution is 6.08. The molecule has 1 aromatic heterocycles. The van der Waals surface area contributed by atoms with Gasteiger partial charge in [-0.3, -0.25) is 4.99 Å². The zero-order valence-corrected chi connectivity index (χ0v) is 19.9. The number of hydrogen-bond acceptors (Lipinski definition) is 4. The predicted octanol–water partition coefficient (Wildman–Crippen LogP) is 4.83. The van der Waals surface area contributed by atoms with Gasteiger partial charge in [0.05, 0.1) is 0 Å². The third-order valence-electron chi connectivity index (χ3n) is 6.29. The van der Waals surface area contributed by atoms with Crippen LogP contribution < -0.4 is 16.0 Å². The van der Waals surface area contributed by atoms with Crippen molar-refractivity contribution in [2.75, 3.05) is 23.0 Å². The van der Waals surface area contributed by atoms with Crippen LogP contribution in [0.25, 0.3) is 10.8 Å². The Bertz CT molecular complexity index is 1330. The molecule has 0 aliphatic carbocycles. The summed E-state index contributed by atoms with van der Waals surface area (Å²) in [6, 6.07) is 16.4. The SMILES string of the molecule is C=NC(=NC(=NC)Nc1nc2c(cc1C)CC(C)(C)C1OC1N2)Nc1ccc2ccccc2c1. The first-order chi connectivity index (χ1) is 16.4. The minimum atomic E-state index is 0.0133. The number of benzene rings is 2. The molecular weight excluding hydrogens is 426 g/mol. The van der Waals surface area contributed by atoms with Crippen molar-refractivity contribution < 1.29 is 4.74 Å². The van der Waals surface area contributed by atoms with Crippen LogP contribution in [0.1, 0.15) is 25.0 Å². The molecule has 0 radical (unpaired) electrons. The van der Waals surface area contributed by atoms with E-state index in [1.165, 1.54) is 10.9 Å². The molecule has 3 heterocycles. The van der Waals surface area contributed by atoms with Crippen LogP contribution >= 0.6 is 0 Å². The fourth-order valence-corrected chi connectivity index (χ4v) is 4.44. The number of anilines is 3. The fourth-order valence-electron chi connectivity index (χ4n) is 4.44. The lowest BCUT2D eigenvalue weighted by molar-refractivity contribution is 0.237. The smallest absolute Gasteiger partial charge is 0.229 e. The van der Waals surface area contributed by atoms with E-state index in [0.29, 0.717) is 17.7 Å². The largest absolute Gasteiger partial charge is 0.347 e. The Morgan fingerprint density at radius 3 is 2.68 bits per heavy atom. The maximum Gasteiger partial charge on any atom is 0.229 e. The number of nitrogens with zero attached hydrogens (tertiary/aromatic N) is 4. The number of guanidine groups is 2. The van der Waals surface area contributed by atoms with E-state index in [1.54, 1.807) is 7.05 Å². The summed E-state index contributed by atoms with van der Waals surface area (Å²) in [5, 5.41) is 12.2. The van der Waals surface area contributed by atoms with Gasteiger partial charge in [0.2, 0.25) is 11.9 Å². The number of nitrogens with one attached hydrogen (secondary N) is 3. The molecule has 1 fully saturated rings. The lowest BCUT2D eigenvalue weighted by atomic mass is 9.83. The molecule has 3 N–H and O–H groups in total. The number of aryl methyl sites for hydroxylation is 1. The molecule has 5 rings (SSSR count). The van der Waals surface area contributed by atoms with E-state index in [-0.39, 0.29) is 17.7 Å². The van der Waals surface area contributed by atoms with Gasteiger partial charge in [0, 0.05) is 12.7 Å². The number of rotatable bonds is 2. The number of aliphatic imine (C=N–C) groups is 3. The van der Waals surface area contributed by atoms with E-state index in [9.17, 15) is 0 Å². The zero-order chi connectivity index (χ0) is 23.9. The molecule has 0 bridgehead atoms. The minimum absolute atomic E-state index is 0.0133. The molecule has 0 amide bonds. The monoisotopic (exact) mass is 455 g/mol. The molecule has 2 aliphatic rings. The maximum atomic E-state index is 5.81. The highest BCUT2D eigenvalue weighted by Crippen LogP contribution is 2.45. The van der Waals surface area contributed by atoms with Crippen LogP contribution in [-0.4, -0.2) is 43.0 Å². The average molecular weight is 456 g/mol. The lowest BCUT2D eigenvalue weighted by Crippen LogP contribution is -2.23. The van der Waals surface area contributed by atoms with E-state index in [0.717, 1.165) is 28.9 Å². The Morgan fingerprint density at radius 2 is 1.91 bits per heavy atom. The second kappa shape index (κ2) is 8.53. The second-order valence-corrected chi connectivity index (χ2v) is 9.40. The Balaban J connectivity index is 1.37. The summed E-state index contributed by atoms with van der Waals surface area (Å²) < 4.78 is 5.81. The molecule has 8 heteroatoms. The molecule has 1 saturated heterocycles. The van der Waals surface area contributed by atoms with Crippen molar-refractivity contribution in [1.29, 1.82) is 0 Å². The van der Waals surface area contributed by atoms with Gasteiger partial charge in [-0.05, 0) is 65.6 Å². The second-order valence-electron chi connectivity index (χ2n) is 9.40. The maximum absolute atomic E-state index is 5.81. The zero-order valence-electron chi connectivity index (χ0n) is 19.9. The third-order valence-corrected chi connectivity index (χ3v) is 6.29. The molecule has 174 valence electrons. The molecule has 2 atom stereocenters. The third kappa shape index (κ3) is 4.36. The normalized spacial score (nSPS) is 21.1. The van der Waals surface area contributed by atoms with Gasteiger partial charge >= 0.3 is 0 Å². The molecule has 0 spiro atoms. The molecule has 2 aliphatic heterocycles. The Hall–Kier alpha value is -3.78. The Morgan fingerprint density at radius 1 is 1.12 bits per heavy atom. The van der Waals surface area contributed by atoms with Crippen molar-refractivity contribution in [2.45, 2.75) is 39.5 Å². The van der Waals surface area contributed by atoms with Crippen molar-refractivity contribution in [3.05, 3.63) is 59.7 Å². The van der Waals surface area contributed by atoms with Crippen molar-refractivity contribution in [1.82, 2.24) is 4.98 Å². The first kappa shape index (κ1) is 22.0. The molecule has 0 saturated carbocycles. The Labute approximate surface area is 199 Å². The van der Waals surface area contributed by atoms with E-state index in [4.69, 9.17) is 9.72 Å². The van der Waals surface area contributed by atoms with E-state index >= 15 is 0 Å². The van der Waals surface area contributed by atoms with E-state index in [2.05, 4.69) is 75.8 Å². The van der Waals surface area contributed by atoms with Gasteiger partial charge < -0.3 is 20.7 Å². The summed E-state index contributed by atoms with van der Waals surface area (Å²) in [6.07, 6.45) is 1.12. The van der Waals surface area contributed by atoms with Gasteiger partial charge in [-0.1, -0.05) is 44.2 Å². The number of aromatic nitrogens is 1. The lowest BCUT2D eigenvalue weighted by Gasteiger charge is -2.22. The highest BCUT2D eigenvalue weighted by Gasteiger charge is 2.52. The van der Waals surface area contributed by atoms with Crippen molar-refractivity contribution in [3.63, 3.8) is 0 Å². The summed E-state index contributed by atoms with van der Waals surface area (Å²) in [5.41, 5.74) is 3.13. The van der Waals surface area contributed by atoms with Gasteiger partial charge in [-0.25, -0.2) is 9.98 Å². The molecular formula is C26H29N7O. The van der Waals surface area contributed by atoms with Crippen molar-refractivity contribution >= 4 is 46.7 Å². The van der Waals surface area contributed by atoms with Gasteiger partial charge in [-0.15, -0.1) is 0 Å². The standard InChI is InChI=1S/C26H29N7O/c1-15-12-18-14-26(2,3)20-23(34-20)31-22(18)30-21(15)32-25(28-5)33-24(27-4)29-19-11-10-16-8-6-7-9-17(16)13-19/h6-13,20,23H,4,14H2,1-3,5H3,(H3,28,29,30,31,32,33). The number of ether oxygens (including phenoxy) is 1. The topological polar surface area (TPSA) is 98.6 Å². The van der Waals surface area contributed by atoms with Crippen LogP contribution in [0.2, 0.25) is 0 Å². The molecule has 8 nitrogen and oxygen atoms in total. The average Bonchev–Trinajstić information content (AvgIpc) is 3.61. The van der Waals surface area contributed by atoms with Gasteiger partial charge in [0.25, 0.3) is 0 Å². The molecule has 3 aromatic rings. The minimum Gasteiger partial charge on any atom is -0.347 e. The fraction of sp³-hybridized carbons (Fsp3) is 0.308. The first-order valence-electron chi connectivity index (χ1n) is 11.3. The Kier molecular flexibility index (Phi) is 5.53. The quantitative estimate of drug-likeness (QED) is 0.292. The summed E-state index contributed by atoms with van der Waals surface area (Å²) in [7, 11) is 1.67. The van der Waals surface area contributed by atoms with E-state index < -0.39 is 0 Å². The van der Waals surface area contributed by atoms with Crippen LogP contribution in [0.3, 0.4) is 0 Å². The predicted molar refractivity (Wildman–Crippen MR) is 140 cm³/mol. The summed E-state index contributed by atoms with van der Waals surface area (Å²) in [5.74, 6) is 2.23. The van der Waals surface area contributed by atoms with Crippen LogP contribution in [0.15, 0.2) is 63.5 Å². The van der Waals surface area contributed by atoms with Crippen LogP contribution in [0.4, 0.5) is 17.3 Å². The van der Waals surface area contributed by atoms with Crippen LogP contribution in [-0.2, 0) is 11.2 Å². The summed E-state index contributed by atoms with van der Waals surface area (Å²) >= 11 is 0. The van der Waals surface area contributed by atoms with E-state index in [1.807, 2.05) is 31.2 Å². The van der Waals surface area contributed by atoms with Crippen molar-refractivity contribution in [2.24, 2.45) is 20.4 Å². The van der Waals surface area contributed by atoms with Gasteiger partial charge in [-0.2, -0.15) is 4.99 Å². The molecule has 2 aromatic carbocycles. The van der Waals surface area contributed by atoms with Gasteiger partial charge in [0.15, 0.2) is 6.23 Å². The summed E-state index contributed by atoms with van der Waals surface area (Å²) in [6.45, 7) is 10.2. The molecule has 2 unspecified atom stereocenters. The van der Waals surface area contributed by atoms with Crippen molar-refractivity contribution in [3.8, 4) is 0 Å². The number of pyridine rings is 1. The first-order valence-corrected chi connectivity index (χ1v) is 11.3. The molecule has 34 heavy (non-hydrogen) atoms. The van der Waals surface area contributed by atoms with Crippen LogP contribution in [0.5, 0.6) is 0 Å². The number of epoxide rings is 1. The number of fused-ring (bicyclic) bond motifs is 3. The highest BCUT2D eigenvalue weighted by atomic mass is 16.6. The van der Waals surface area contributed by atoms with Crippen LogP contribution in [0, 0.1) is 12.3 Å². The summed E-state index contributed by atoms with van der Waals surface area (Å²) in [4.78, 5) is 17.7. The number of hydrogen-bond donors (Lipinski definition) is 3.